The number of hydrogen-bond acceptors (Lipinski definition) is 2. The first-order chi connectivity index (χ1) is 8.97. The summed E-state index contributed by atoms with van der Waals surface area (Å²) in [5.74, 6) is 0.0590. The molecule has 0 aromatic heterocycles. The largest absolute Gasteiger partial charge is 0.393 e. The molecule has 1 rings (SSSR count). The van der Waals surface area contributed by atoms with Gasteiger partial charge in [0.05, 0.1) is 4.99 Å². The van der Waals surface area contributed by atoms with Gasteiger partial charge in [0.15, 0.2) is 0 Å². The molecule has 0 spiro atoms. The lowest BCUT2D eigenvalue weighted by Gasteiger charge is -2.27. The topological polar surface area (TPSA) is 46.3 Å². The van der Waals surface area contributed by atoms with E-state index in [1.54, 1.807) is 0 Å². The van der Waals surface area contributed by atoms with E-state index in [-0.39, 0.29) is 11.9 Å². The summed E-state index contributed by atoms with van der Waals surface area (Å²) >= 11 is 4.89. The Labute approximate surface area is 120 Å². The van der Waals surface area contributed by atoms with Crippen LogP contribution in [0.2, 0.25) is 0 Å². The number of benzene rings is 1. The van der Waals surface area contributed by atoms with Gasteiger partial charge in [0, 0.05) is 24.6 Å². The summed E-state index contributed by atoms with van der Waals surface area (Å²) < 4.78 is 0. The molecule has 0 fully saturated rings. The maximum atomic E-state index is 12.6. The highest BCUT2D eigenvalue weighted by molar-refractivity contribution is 7.80. The molecule has 0 atom stereocenters. The van der Waals surface area contributed by atoms with Gasteiger partial charge in [-0.05, 0) is 31.9 Å². The predicted molar refractivity (Wildman–Crippen MR) is 83.4 cm³/mol. The Morgan fingerprint density at radius 2 is 2.00 bits per heavy atom. The average Bonchev–Trinajstić information content (AvgIpc) is 2.37. The summed E-state index contributed by atoms with van der Waals surface area (Å²) in [7, 11) is 0. The Kier molecular flexibility index (Phi) is 5.96. The van der Waals surface area contributed by atoms with Gasteiger partial charge in [-0.2, -0.15) is 0 Å². The lowest BCUT2D eigenvalue weighted by Crippen LogP contribution is -2.39. The zero-order chi connectivity index (χ0) is 14.4. The molecule has 0 aliphatic carbocycles. The van der Waals surface area contributed by atoms with Crippen molar-refractivity contribution in [2.45, 2.75) is 39.7 Å². The van der Waals surface area contributed by atoms with Gasteiger partial charge in [0.2, 0.25) is 0 Å². The highest BCUT2D eigenvalue weighted by atomic mass is 32.1. The lowest BCUT2D eigenvalue weighted by molar-refractivity contribution is 0.0710. The fourth-order valence-corrected chi connectivity index (χ4v) is 2.11. The number of aryl methyl sites for hydroxylation is 1. The van der Waals surface area contributed by atoms with Crippen molar-refractivity contribution in [1.29, 1.82) is 0 Å². The minimum atomic E-state index is 0.0590. The molecule has 4 heteroatoms. The molecule has 3 nitrogen and oxygen atoms in total. The molecular formula is C15H22N2OS. The van der Waals surface area contributed by atoms with Crippen molar-refractivity contribution in [2.24, 2.45) is 5.73 Å². The summed E-state index contributed by atoms with van der Waals surface area (Å²) in [6.45, 7) is 6.64. The van der Waals surface area contributed by atoms with Crippen molar-refractivity contribution in [3.8, 4) is 0 Å². The molecule has 19 heavy (non-hydrogen) atoms. The number of nitrogens with two attached hydrogens (primary N) is 1. The molecule has 104 valence electrons. The van der Waals surface area contributed by atoms with Crippen LogP contribution in [-0.2, 0) is 6.42 Å². The fraction of sp³-hybridized carbons (Fsp3) is 0.467. The summed E-state index contributed by atoms with van der Waals surface area (Å²) in [6.07, 6.45) is 1.41. The molecule has 1 aromatic carbocycles. The van der Waals surface area contributed by atoms with E-state index >= 15 is 0 Å². The molecule has 0 saturated carbocycles. The molecule has 0 aliphatic heterocycles. The number of rotatable bonds is 6. The molecule has 0 radical (unpaired) electrons. The smallest absolute Gasteiger partial charge is 0.254 e. The monoisotopic (exact) mass is 278 g/mol. The van der Waals surface area contributed by atoms with Gasteiger partial charge in [-0.3, -0.25) is 4.79 Å². The summed E-state index contributed by atoms with van der Waals surface area (Å²) in [6, 6.07) is 7.88. The van der Waals surface area contributed by atoms with Gasteiger partial charge >= 0.3 is 0 Å². The third-order valence-corrected chi connectivity index (χ3v) is 3.32. The number of carbonyl (C=O) groups excluding carboxylic acids is 1. The van der Waals surface area contributed by atoms with E-state index in [1.807, 2.05) is 43.0 Å². The molecule has 0 heterocycles. The Bertz CT molecular complexity index is 457. The van der Waals surface area contributed by atoms with Crippen molar-refractivity contribution >= 4 is 23.1 Å². The number of thiocarbonyl (C=S) groups is 1. The maximum Gasteiger partial charge on any atom is 0.254 e. The van der Waals surface area contributed by atoms with E-state index in [0.717, 1.165) is 17.5 Å². The number of hydrogen-bond donors (Lipinski definition) is 1. The normalized spacial score (nSPS) is 10.5. The van der Waals surface area contributed by atoms with Crippen molar-refractivity contribution in [3.63, 3.8) is 0 Å². The molecule has 0 bridgehead atoms. The molecule has 2 N–H and O–H groups in total. The van der Waals surface area contributed by atoms with Crippen LogP contribution in [0.1, 0.15) is 43.1 Å². The van der Waals surface area contributed by atoms with Crippen LogP contribution in [0.5, 0.6) is 0 Å². The van der Waals surface area contributed by atoms with Gasteiger partial charge < -0.3 is 10.6 Å². The number of nitrogens with zero attached hydrogens (tertiary/aromatic N) is 1. The minimum Gasteiger partial charge on any atom is -0.393 e. The zero-order valence-electron chi connectivity index (χ0n) is 11.8. The number of amides is 1. The van der Waals surface area contributed by atoms with Crippen LogP contribution in [0.15, 0.2) is 24.3 Å². The SMILES string of the molecule is CCc1ccccc1C(=O)N(CCC(N)=S)C(C)C. The van der Waals surface area contributed by atoms with Crippen molar-refractivity contribution in [1.82, 2.24) is 4.90 Å². The summed E-state index contributed by atoms with van der Waals surface area (Å²) in [5, 5.41) is 0. The Morgan fingerprint density at radius 3 is 2.53 bits per heavy atom. The Morgan fingerprint density at radius 1 is 1.37 bits per heavy atom. The van der Waals surface area contributed by atoms with E-state index in [9.17, 15) is 4.79 Å². The van der Waals surface area contributed by atoms with E-state index in [4.69, 9.17) is 18.0 Å². The summed E-state index contributed by atoms with van der Waals surface area (Å²) in [4.78, 5) is 14.9. The van der Waals surface area contributed by atoms with Crippen molar-refractivity contribution in [2.75, 3.05) is 6.54 Å². The first-order valence-electron chi connectivity index (χ1n) is 6.64. The quantitative estimate of drug-likeness (QED) is 0.814. The minimum absolute atomic E-state index is 0.0590. The molecule has 1 aromatic rings. The van der Waals surface area contributed by atoms with Crippen LogP contribution in [0.3, 0.4) is 0 Å². The van der Waals surface area contributed by atoms with Crippen LogP contribution in [-0.4, -0.2) is 28.4 Å². The van der Waals surface area contributed by atoms with Crippen LogP contribution in [0, 0.1) is 0 Å². The second kappa shape index (κ2) is 7.24. The molecule has 1 amide bonds. The first-order valence-corrected chi connectivity index (χ1v) is 7.05. The standard InChI is InChI=1S/C15H22N2OS/c1-4-12-7-5-6-8-13(12)15(18)17(11(2)3)10-9-14(16)19/h5-8,11H,4,9-10H2,1-3H3,(H2,16,19). The van der Waals surface area contributed by atoms with Gasteiger partial charge in [-0.15, -0.1) is 0 Å². The Balaban J connectivity index is 2.95. The van der Waals surface area contributed by atoms with E-state index in [0.29, 0.717) is 18.0 Å². The van der Waals surface area contributed by atoms with E-state index < -0.39 is 0 Å². The fourth-order valence-electron chi connectivity index (χ4n) is 2.02. The molecule has 0 unspecified atom stereocenters. The van der Waals surface area contributed by atoms with Crippen LogP contribution in [0.4, 0.5) is 0 Å². The van der Waals surface area contributed by atoms with E-state index in [1.165, 1.54) is 0 Å². The van der Waals surface area contributed by atoms with Gasteiger partial charge in [-0.1, -0.05) is 37.3 Å². The number of carbonyl (C=O) groups is 1. The van der Waals surface area contributed by atoms with Crippen LogP contribution in [0.25, 0.3) is 0 Å². The Hall–Kier alpha value is -1.42. The molecular weight excluding hydrogens is 256 g/mol. The van der Waals surface area contributed by atoms with Crippen molar-refractivity contribution < 1.29 is 4.79 Å². The average molecular weight is 278 g/mol. The van der Waals surface area contributed by atoms with Gasteiger partial charge in [-0.25, -0.2) is 0 Å². The predicted octanol–water partition coefficient (Wildman–Crippen LogP) is 2.78. The highest BCUT2D eigenvalue weighted by Gasteiger charge is 2.20. The van der Waals surface area contributed by atoms with Gasteiger partial charge in [0.1, 0.15) is 0 Å². The second-order valence-electron chi connectivity index (χ2n) is 4.82. The maximum absolute atomic E-state index is 12.6. The van der Waals surface area contributed by atoms with Crippen molar-refractivity contribution in [3.05, 3.63) is 35.4 Å². The third-order valence-electron chi connectivity index (χ3n) is 3.11. The van der Waals surface area contributed by atoms with Gasteiger partial charge in [0.25, 0.3) is 5.91 Å². The molecule has 0 aliphatic rings. The van der Waals surface area contributed by atoms with Crippen LogP contribution < -0.4 is 5.73 Å². The third kappa shape index (κ3) is 4.31. The summed E-state index contributed by atoms with van der Waals surface area (Å²) in [5.41, 5.74) is 7.39. The second-order valence-corrected chi connectivity index (χ2v) is 5.34. The first kappa shape index (κ1) is 15.6. The highest BCUT2D eigenvalue weighted by Crippen LogP contribution is 2.14. The molecule has 0 saturated heterocycles. The lowest BCUT2D eigenvalue weighted by atomic mass is 10.0. The zero-order valence-corrected chi connectivity index (χ0v) is 12.7. The van der Waals surface area contributed by atoms with E-state index in [2.05, 4.69) is 6.92 Å². The van der Waals surface area contributed by atoms with Crippen LogP contribution >= 0.6 is 12.2 Å².